The van der Waals surface area contributed by atoms with Crippen molar-refractivity contribution in [1.29, 1.82) is 0 Å². The van der Waals surface area contributed by atoms with Crippen molar-refractivity contribution in [2.45, 2.75) is 6.54 Å². The second-order valence-electron chi connectivity index (χ2n) is 7.12. The lowest BCUT2D eigenvalue weighted by molar-refractivity contribution is 0.147. The number of phenols is 1. The van der Waals surface area contributed by atoms with E-state index < -0.39 is 0 Å². The molecule has 1 aromatic heterocycles. The summed E-state index contributed by atoms with van der Waals surface area (Å²) in [4.78, 5) is 17.6. The minimum Gasteiger partial charge on any atom is -0.507 e. The normalized spacial score (nSPS) is 16.0. The molecule has 0 spiro atoms. The first-order valence-electron chi connectivity index (χ1n) is 9.06. The van der Waals surface area contributed by atoms with Crippen LogP contribution in [0, 0.1) is 0 Å². The Balaban J connectivity index is 1.77. The van der Waals surface area contributed by atoms with Gasteiger partial charge in [0.2, 0.25) is 5.43 Å². The lowest BCUT2D eigenvalue weighted by Crippen LogP contribution is -2.43. The summed E-state index contributed by atoms with van der Waals surface area (Å²) in [6.45, 7) is 4.26. The van der Waals surface area contributed by atoms with Gasteiger partial charge >= 0.3 is 0 Å². The Bertz CT molecular complexity index is 1090. The Kier molecular flexibility index (Phi) is 5.34. The quantitative estimate of drug-likeness (QED) is 0.689. The lowest BCUT2D eigenvalue weighted by Gasteiger charge is -2.32. The van der Waals surface area contributed by atoms with E-state index in [0.717, 1.165) is 26.2 Å². The maximum atomic E-state index is 13.1. The summed E-state index contributed by atoms with van der Waals surface area (Å²) in [5.41, 5.74) is 1.79. The summed E-state index contributed by atoms with van der Waals surface area (Å²) in [7, 11) is 2.09. The standard InChI is InChI=1S/C21H20Cl2N2O3/c1-24-6-8-25(9-7-24)11-16-19(26)5-4-15-20(27)17(12-28-21(15)16)14-3-2-13(22)10-18(14)23/h2-5,10,12,26H,6-9,11H2,1H3. The number of phenolic OH excluding ortho intramolecular Hbond substituents is 1. The smallest absolute Gasteiger partial charge is 0.200 e. The lowest BCUT2D eigenvalue weighted by atomic mass is 10.0. The van der Waals surface area contributed by atoms with Crippen molar-refractivity contribution in [1.82, 2.24) is 9.80 Å². The van der Waals surface area contributed by atoms with Gasteiger partial charge in [0.1, 0.15) is 17.6 Å². The van der Waals surface area contributed by atoms with Gasteiger partial charge in [-0.1, -0.05) is 29.3 Å². The highest BCUT2D eigenvalue weighted by Gasteiger charge is 2.20. The second-order valence-corrected chi connectivity index (χ2v) is 7.97. The molecule has 0 saturated carbocycles. The van der Waals surface area contributed by atoms with E-state index in [9.17, 15) is 9.90 Å². The molecule has 0 bridgehead atoms. The van der Waals surface area contributed by atoms with Crippen LogP contribution in [0.15, 0.2) is 45.8 Å². The van der Waals surface area contributed by atoms with Crippen molar-refractivity contribution in [3.05, 3.63) is 62.4 Å². The third-order valence-electron chi connectivity index (χ3n) is 5.22. The van der Waals surface area contributed by atoms with Crippen molar-refractivity contribution in [3.63, 3.8) is 0 Å². The van der Waals surface area contributed by atoms with Gasteiger partial charge in [0.05, 0.1) is 21.5 Å². The predicted octanol–water partition coefficient (Wildman–Crippen LogP) is 4.22. The molecule has 0 atom stereocenters. The number of hydrogen-bond donors (Lipinski definition) is 1. The first kappa shape index (κ1) is 19.3. The molecule has 3 aromatic rings. The van der Waals surface area contributed by atoms with Crippen LogP contribution in [0.4, 0.5) is 0 Å². The fraction of sp³-hybridized carbons (Fsp3) is 0.286. The van der Waals surface area contributed by atoms with Gasteiger partial charge in [0.25, 0.3) is 0 Å². The molecule has 0 aliphatic carbocycles. The van der Waals surface area contributed by atoms with E-state index >= 15 is 0 Å². The van der Waals surface area contributed by atoms with E-state index in [4.69, 9.17) is 27.6 Å². The number of hydrogen-bond acceptors (Lipinski definition) is 5. The van der Waals surface area contributed by atoms with E-state index in [2.05, 4.69) is 16.8 Å². The Morgan fingerprint density at radius 1 is 1.07 bits per heavy atom. The van der Waals surface area contributed by atoms with E-state index in [1.54, 1.807) is 30.3 Å². The van der Waals surface area contributed by atoms with E-state index in [-0.39, 0.29) is 11.2 Å². The van der Waals surface area contributed by atoms with Gasteiger partial charge in [0, 0.05) is 43.3 Å². The third-order valence-corrected chi connectivity index (χ3v) is 5.77. The first-order valence-corrected chi connectivity index (χ1v) is 9.82. The molecule has 146 valence electrons. The van der Waals surface area contributed by atoms with Crippen molar-refractivity contribution in [3.8, 4) is 16.9 Å². The average Bonchev–Trinajstić information content (AvgIpc) is 2.67. The molecule has 1 saturated heterocycles. The van der Waals surface area contributed by atoms with Crippen LogP contribution < -0.4 is 5.43 Å². The van der Waals surface area contributed by atoms with E-state index in [1.807, 2.05) is 0 Å². The maximum Gasteiger partial charge on any atom is 0.200 e. The number of fused-ring (bicyclic) bond motifs is 1. The molecule has 1 aliphatic rings. The molecule has 5 nitrogen and oxygen atoms in total. The van der Waals surface area contributed by atoms with Crippen LogP contribution >= 0.6 is 23.2 Å². The summed E-state index contributed by atoms with van der Waals surface area (Å²) < 4.78 is 5.85. The summed E-state index contributed by atoms with van der Waals surface area (Å²) in [6, 6.07) is 8.13. The highest BCUT2D eigenvalue weighted by Crippen LogP contribution is 2.32. The number of benzene rings is 2. The zero-order valence-electron chi connectivity index (χ0n) is 15.4. The van der Waals surface area contributed by atoms with Crippen LogP contribution in [-0.2, 0) is 6.54 Å². The van der Waals surface area contributed by atoms with Gasteiger partial charge in [-0.2, -0.15) is 0 Å². The highest BCUT2D eigenvalue weighted by atomic mass is 35.5. The zero-order chi connectivity index (χ0) is 19.8. The molecule has 7 heteroatoms. The predicted molar refractivity (Wildman–Crippen MR) is 112 cm³/mol. The van der Waals surface area contributed by atoms with Gasteiger partial charge in [0.15, 0.2) is 0 Å². The summed E-state index contributed by atoms with van der Waals surface area (Å²) in [5.74, 6) is 0.131. The van der Waals surface area contributed by atoms with Crippen molar-refractivity contribution >= 4 is 34.2 Å². The summed E-state index contributed by atoms with van der Waals surface area (Å²) in [6.07, 6.45) is 1.41. The van der Waals surface area contributed by atoms with Crippen LogP contribution in [0.1, 0.15) is 5.56 Å². The van der Waals surface area contributed by atoms with Crippen LogP contribution in [0.5, 0.6) is 5.75 Å². The summed E-state index contributed by atoms with van der Waals surface area (Å²) >= 11 is 12.2. The largest absolute Gasteiger partial charge is 0.507 e. The molecule has 1 aliphatic heterocycles. The molecule has 0 amide bonds. The van der Waals surface area contributed by atoms with Gasteiger partial charge in [-0.25, -0.2) is 0 Å². The van der Waals surface area contributed by atoms with E-state index in [0.29, 0.717) is 44.2 Å². The average molecular weight is 419 g/mol. The van der Waals surface area contributed by atoms with Gasteiger partial charge in [-0.15, -0.1) is 0 Å². The molecular weight excluding hydrogens is 399 g/mol. The van der Waals surface area contributed by atoms with E-state index in [1.165, 1.54) is 6.26 Å². The summed E-state index contributed by atoms with van der Waals surface area (Å²) in [5, 5.41) is 11.7. The minimum atomic E-state index is -0.190. The first-order chi connectivity index (χ1) is 13.4. The van der Waals surface area contributed by atoms with Gasteiger partial charge < -0.3 is 14.4 Å². The number of likely N-dealkylation sites (N-methyl/N-ethyl adjacent to an activating group) is 1. The van der Waals surface area contributed by atoms with Gasteiger partial charge in [-0.3, -0.25) is 9.69 Å². The second kappa shape index (κ2) is 7.76. The fourth-order valence-electron chi connectivity index (χ4n) is 3.52. The Hall–Kier alpha value is -2.05. The highest BCUT2D eigenvalue weighted by molar-refractivity contribution is 6.36. The molecule has 2 aromatic carbocycles. The van der Waals surface area contributed by atoms with Gasteiger partial charge in [-0.05, 0) is 31.3 Å². The molecule has 1 N–H and O–H groups in total. The number of piperazine rings is 1. The molecule has 0 radical (unpaired) electrons. The molecule has 0 unspecified atom stereocenters. The van der Waals surface area contributed by atoms with Crippen LogP contribution in [-0.4, -0.2) is 48.1 Å². The zero-order valence-corrected chi connectivity index (χ0v) is 16.9. The Morgan fingerprint density at radius 2 is 1.82 bits per heavy atom. The number of rotatable bonds is 3. The molecule has 2 heterocycles. The Labute approximate surface area is 172 Å². The fourth-order valence-corrected chi connectivity index (χ4v) is 4.03. The van der Waals surface area contributed by atoms with Crippen LogP contribution in [0.2, 0.25) is 10.0 Å². The molecule has 4 rings (SSSR count). The molecule has 28 heavy (non-hydrogen) atoms. The SMILES string of the molecule is CN1CCN(Cc2c(O)ccc3c(=O)c(-c4ccc(Cl)cc4Cl)coc23)CC1. The monoisotopic (exact) mass is 418 g/mol. The minimum absolute atomic E-state index is 0.131. The van der Waals surface area contributed by atoms with Crippen LogP contribution in [0.25, 0.3) is 22.1 Å². The van der Waals surface area contributed by atoms with Crippen LogP contribution in [0.3, 0.4) is 0 Å². The van der Waals surface area contributed by atoms with Crippen molar-refractivity contribution in [2.75, 3.05) is 33.2 Å². The van der Waals surface area contributed by atoms with Crippen molar-refractivity contribution < 1.29 is 9.52 Å². The number of aromatic hydroxyl groups is 1. The molecular formula is C21H20Cl2N2O3. The third kappa shape index (κ3) is 3.63. The topological polar surface area (TPSA) is 56.9 Å². The van der Waals surface area contributed by atoms with Crippen molar-refractivity contribution in [2.24, 2.45) is 0 Å². The maximum absolute atomic E-state index is 13.1. The number of halogens is 2. The number of nitrogens with zero attached hydrogens (tertiary/aromatic N) is 2. The molecule has 1 fully saturated rings. The Morgan fingerprint density at radius 3 is 2.54 bits per heavy atom.